The summed E-state index contributed by atoms with van der Waals surface area (Å²) in [7, 11) is 0. The van der Waals surface area contributed by atoms with Crippen molar-refractivity contribution in [2.75, 3.05) is 25.0 Å². The monoisotopic (exact) mass is 405 g/mol. The predicted molar refractivity (Wildman–Crippen MR) is 103 cm³/mol. The minimum Gasteiger partial charge on any atom is -0.330 e. The second-order valence-corrected chi connectivity index (χ2v) is 7.42. The summed E-state index contributed by atoms with van der Waals surface area (Å²) in [4.78, 5) is 27.1. The fourth-order valence-electron chi connectivity index (χ4n) is 3.28. The van der Waals surface area contributed by atoms with Gasteiger partial charge in [-0.25, -0.2) is 0 Å². The van der Waals surface area contributed by atoms with Gasteiger partial charge in [0.25, 0.3) is 0 Å². The first-order chi connectivity index (χ1) is 11.5. The van der Waals surface area contributed by atoms with Crippen LogP contribution in [0, 0.1) is 11.8 Å². The van der Waals surface area contributed by atoms with E-state index in [2.05, 4.69) is 10.6 Å². The van der Waals surface area contributed by atoms with Crippen molar-refractivity contribution in [1.82, 2.24) is 10.2 Å². The molecule has 2 heterocycles. The van der Waals surface area contributed by atoms with Gasteiger partial charge in [-0.15, -0.1) is 12.4 Å². The molecule has 2 unspecified atom stereocenters. The molecule has 0 radical (unpaired) electrons. The lowest BCUT2D eigenvalue weighted by Crippen LogP contribution is -2.52. The zero-order chi connectivity index (χ0) is 17.3. The molecule has 3 rings (SSSR count). The van der Waals surface area contributed by atoms with Gasteiger partial charge in [-0.05, 0) is 50.0 Å². The van der Waals surface area contributed by atoms with E-state index in [4.69, 9.17) is 23.2 Å². The summed E-state index contributed by atoms with van der Waals surface area (Å²) >= 11 is 11.9. The highest BCUT2D eigenvalue weighted by Crippen LogP contribution is 2.27. The highest BCUT2D eigenvalue weighted by Gasteiger charge is 2.39. The van der Waals surface area contributed by atoms with Gasteiger partial charge in [0.1, 0.15) is 6.04 Å². The quantitative estimate of drug-likeness (QED) is 0.807. The Kier molecular flexibility index (Phi) is 6.97. The Morgan fingerprint density at radius 2 is 1.88 bits per heavy atom. The van der Waals surface area contributed by atoms with E-state index < -0.39 is 6.04 Å². The third kappa shape index (κ3) is 4.59. The summed E-state index contributed by atoms with van der Waals surface area (Å²) in [5.41, 5.74) is 0.549. The number of anilines is 1. The van der Waals surface area contributed by atoms with E-state index >= 15 is 0 Å². The first-order valence-electron chi connectivity index (χ1n) is 8.24. The van der Waals surface area contributed by atoms with Crippen LogP contribution in [0.5, 0.6) is 0 Å². The molecule has 2 saturated heterocycles. The molecule has 0 aliphatic carbocycles. The third-order valence-electron chi connectivity index (χ3n) is 4.88. The van der Waals surface area contributed by atoms with Crippen LogP contribution in [0.2, 0.25) is 10.0 Å². The summed E-state index contributed by atoms with van der Waals surface area (Å²) in [6.07, 6.45) is 1.53. The van der Waals surface area contributed by atoms with Crippen LogP contribution in [0.1, 0.15) is 19.8 Å². The number of carbonyl (C=O) groups is 2. The molecule has 2 amide bonds. The average Bonchev–Trinajstić information content (AvgIpc) is 2.92. The molecule has 0 bridgehead atoms. The van der Waals surface area contributed by atoms with Crippen molar-refractivity contribution in [3.05, 3.63) is 28.2 Å². The number of carbonyl (C=O) groups excluding carboxylic acids is 2. The lowest BCUT2D eigenvalue weighted by molar-refractivity contribution is -0.141. The van der Waals surface area contributed by atoms with Crippen molar-refractivity contribution in [2.24, 2.45) is 11.8 Å². The largest absolute Gasteiger partial charge is 0.330 e. The van der Waals surface area contributed by atoms with E-state index in [1.165, 1.54) is 0 Å². The maximum Gasteiger partial charge on any atom is 0.247 e. The molecule has 1 aromatic carbocycles. The summed E-state index contributed by atoms with van der Waals surface area (Å²) in [5.74, 6) is 0.204. The maximum atomic E-state index is 12.7. The first kappa shape index (κ1) is 20.3. The van der Waals surface area contributed by atoms with Crippen molar-refractivity contribution in [3.8, 4) is 0 Å². The number of benzene rings is 1. The van der Waals surface area contributed by atoms with Crippen molar-refractivity contribution in [1.29, 1.82) is 0 Å². The normalized spacial score (nSPS) is 21.2. The summed E-state index contributed by atoms with van der Waals surface area (Å²) in [6.45, 7) is 4.34. The smallest absolute Gasteiger partial charge is 0.247 e. The van der Waals surface area contributed by atoms with Crippen molar-refractivity contribution >= 4 is 53.1 Å². The van der Waals surface area contributed by atoms with E-state index in [9.17, 15) is 9.59 Å². The van der Waals surface area contributed by atoms with E-state index in [1.807, 2.05) is 6.92 Å². The van der Waals surface area contributed by atoms with Gasteiger partial charge in [0, 0.05) is 28.2 Å². The van der Waals surface area contributed by atoms with Crippen LogP contribution in [-0.4, -0.2) is 42.4 Å². The van der Waals surface area contributed by atoms with Crippen LogP contribution < -0.4 is 10.6 Å². The number of amides is 2. The van der Waals surface area contributed by atoms with E-state index in [-0.39, 0.29) is 30.1 Å². The van der Waals surface area contributed by atoms with Gasteiger partial charge in [0.05, 0.1) is 0 Å². The molecule has 138 valence electrons. The van der Waals surface area contributed by atoms with Crippen LogP contribution in [-0.2, 0) is 9.59 Å². The number of halogens is 3. The minimum atomic E-state index is -0.425. The van der Waals surface area contributed by atoms with Crippen LogP contribution in [0.4, 0.5) is 5.69 Å². The second kappa shape index (κ2) is 8.58. The standard InChI is InChI=1S/C17H21Cl2N3O2.ClH/c1-10(11-8-20-9-11)17(24)22-4-2-3-15(22)16(23)21-14-6-12(18)5-13(19)7-14;/h5-7,10-11,15,20H,2-4,8-9H2,1H3,(H,21,23);1H. The highest BCUT2D eigenvalue weighted by molar-refractivity contribution is 6.35. The molecule has 2 aliphatic heterocycles. The Balaban J connectivity index is 0.00000225. The summed E-state index contributed by atoms with van der Waals surface area (Å²) in [5, 5.41) is 6.94. The molecular formula is C17H22Cl3N3O2. The van der Waals surface area contributed by atoms with Crippen LogP contribution in [0.15, 0.2) is 18.2 Å². The number of nitrogens with zero attached hydrogens (tertiary/aromatic N) is 1. The molecule has 5 nitrogen and oxygen atoms in total. The molecule has 2 N–H and O–H groups in total. The zero-order valence-electron chi connectivity index (χ0n) is 13.9. The van der Waals surface area contributed by atoms with Gasteiger partial charge in [-0.1, -0.05) is 30.1 Å². The number of hydrogen-bond acceptors (Lipinski definition) is 3. The first-order valence-corrected chi connectivity index (χ1v) is 8.99. The number of rotatable bonds is 4. The Hall–Kier alpha value is -1.01. The molecule has 0 saturated carbocycles. The molecule has 25 heavy (non-hydrogen) atoms. The zero-order valence-corrected chi connectivity index (χ0v) is 16.3. The molecule has 2 atom stereocenters. The second-order valence-electron chi connectivity index (χ2n) is 6.54. The minimum absolute atomic E-state index is 0. The third-order valence-corrected chi connectivity index (χ3v) is 5.31. The van der Waals surface area contributed by atoms with Gasteiger partial charge in [-0.3, -0.25) is 9.59 Å². The SMILES string of the molecule is CC(C(=O)N1CCCC1C(=O)Nc1cc(Cl)cc(Cl)c1)C1CNC1.Cl. The Bertz CT molecular complexity index is 632. The topological polar surface area (TPSA) is 61.4 Å². The summed E-state index contributed by atoms with van der Waals surface area (Å²) in [6, 6.07) is 4.48. The molecule has 0 aromatic heterocycles. The fraction of sp³-hybridized carbons (Fsp3) is 0.529. The van der Waals surface area contributed by atoms with Crippen molar-refractivity contribution in [2.45, 2.75) is 25.8 Å². The average molecular weight is 407 g/mol. The Labute approximate surface area is 163 Å². The number of hydrogen-bond donors (Lipinski definition) is 2. The van der Waals surface area contributed by atoms with Crippen LogP contribution in [0.25, 0.3) is 0 Å². The highest BCUT2D eigenvalue weighted by atomic mass is 35.5. The molecule has 0 spiro atoms. The molecular weight excluding hydrogens is 385 g/mol. The van der Waals surface area contributed by atoms with Crippen molar-refractivity contribution in [3.63, 3.8) is 0 Å². The van der Waals surface area contributed by atoms with Gasteiger partial charge >= 0.3 is 0 Å². The molecule has 8 heteroatoms. The number of likely N-dealkylation sites (tertiary alicyclic amines) is 1. The lowest BCUT2D eigenvalue weighted by atomic mass is 9.88. The van der Waals surface area contributed by atoms with E-state index in [1.54, 1.807) is 23.1 Å². The van der Waals surface area contributed by atoms with Gasteiger partial charge < -0.3 is 15.5 Å². The predicted octanol–water partition coefficient (Wildman–Crippen LogP) is 3.20. The van der Waals surface area contributed by atoms with Crippen LogP contribution >= 0.6 is 35.6 Å². The lowest BCUT2D eigenvalue weighted by Gasteiger charge is -2.35. The molecule has 1 aromatic rings. The molecule has 2 aliphatic rings. The Morgan fingerprint density at radius 1 is 1.24 bits per heavy atom. The van der Waals surface area contributed by atoms with Gasteiger partial charge in [-0.2, -0.15) is 0 Å². The van der Waals surface area contributed by atoms with E-state index in [0.29, 0.717) is 34.6 Å². The maximum absolute atomic E-state index is 12.7. The number of nitrogens with one attached hydrogen (secondary N) is 2. The fourth-order valence-corrected chi connectivity index (χ4v) is 3.81. The summed E-state index contributed by atoms with van der Waals surface area (Å²) < 4.78 is 0. The van der Waals surface area contributed by atoms with Crippen molar-refractivity contribution < 1.29 is 9.59 Å². The van der Waals surface area contributed by atoms with Crippen LogP contribution in [0.3, 0.4) is 0 Å². The van der Waals surface area contributed by atoms with E-state index in [0.717, 1.165) is 19.5 Å². The van der Waals surface area contributed by atoms with Gasteiger partial charge in [0.15, 0.2) is 0 Å². The van der Waals surface area contributed by atoms with Gasteiger partial charge in [0.2, 0.25) is 11.8 Å². The molecule has 2 fully saturated rings. The Morgan fingerprint density at radius 3 is 2.44 bits per heavy atom.